The predicted molar refractivity (Wildman–Crippen MR) is 103 cm³/mol. The molecule has 0 aromatic heterocycles. The van der Waals surface area contributed by atoms with Crippen LogP contribution in [0.15, 0.2) is 78.9 Å². The van der Waals surface area contributed by atoms with Gasteiger partial charge in [-0.3, -0.25) is 19.3 Å². The van der Waals surface area contributed by atoms with Crippen molar-refractivity contribution in [1.82, 2.24) is 0 Å². The zero-order chi connectivity index (χ0) is 18.8. The Hall–Kier alpha value is -3.73. The van der Waals surface area contributed by atoms with E-state index in [4.69, 9.17) is 0 Å². The lowest BCUT2D eigenvalue weighted by molar-refractivity contribution is -0.115. The van der Waals surface area contributed by atoms with Gasteiger partial charge in [0, 0.05) is 16.7 Å². The van der Waals surface area contributed by atoms with Gasteiger partial charge in [0.05, 0.1) is 11.4 Å². The fourth-order valence-corrected chi connectivity index (χ4v) is 3.09. The van der Waals surface area contributed by atoms with Crippen LogP contribution in [0.4, 0.5) is 11.4 Å². The molecule has 27 heavy (non-hydrogen) atoms. The summed E-state index contributed by atoms with van der Waals surface area (Å²) in [6.45, 7) is -0.0411. The third kappa shape index (κ3) is 3.22. The van der Waals surface area contributed by atoms with E-state index in [1.54, 1.807) is 54.6 Å². The summed E-state index contributed by atoms with van der Waals surface area (Å²) in [4.78, 5) is 38.8. The highest BCUT2D eigenvalue weighted by Gasteiger charge is 2.27. The Balaban J connectivity index is 1.60. The van der Waals surface area contributed by atoms with E-state index in [9.17, 15) is 14.4 Å². The van der Waals surface area contributed by atoms with Crippen LogP contribution in [-0.4, -0.2) is 24.1 Å². The highest BCUT2D eigenvalue weighted by molar-refractivity contribution is 6.15. The number of nitrogens with one attached hydrogen (secondary N) is 1. The second-order valence-corrected chi connectivity index (χ2v) is 6.23. The molecule has 1 aliphatic rings. The summed E-state index contributed by atoms with van der Waals surface area (Å²) >= 11 is 0. The summed E-state index contributed by atoms with van der Waals surface area (Å²) in [5.41, 5.74) is 2.79. The average molecular weight is 356 g/mol. The van der Waals surface area contributed by atoms with Gasteiger partial charge in [-0.15, -0.1) is 0 Å². The maximum absolute atomic E-state index is 12.9. The Labute approximate surface area is 156 Å². The highest BCUT2D eigenvalue weighted by atomic mass is 16.2. The Kier molecular flexibility index (Phi) is 4.26. The number of anilines is 2. The molecule has 1 N–H and O–H groups in total. The lowest BCUT2D eigenvalue weighted by Gasteiger charge is -2.29. The standard InChI is InChI=1S/C22H16N2O3/c25-20-14-24(19-9-5-4-8-18(19)23-20)22(27)17-12-10-16(11-13-17)21(26)15-6-2-1-3-7-15/h1-13H,14H2,(H,23,25). The van der Waals surface area contributed by atoms with Crippen LogP contribution >= 0.6 is 0 Å². The first kappa shape index (κ1) is 16.7. The smallest absolute Gasteiger partial charge is 0.258 e. The predicted octanol–water partition coefficient (Wildman–Crippen LogP) is 3.52. The molecule has 2 amide bonds. The second kappa shape index (κ2) is 6.88. The van der Waals surface area contributed by atoms with Crippen molar-refractivity contribution in [2.45, 2.75) is 0 Å². The Bertz CT molecular complexity index is 1030. The maximum Gasteiger partial charge on any atom is 0.258 e. The third-order valence-corrected chi connectivity index (χ3v) is 4.45. The van der Waals surface area contributed by atoms with Gasteiger partial charge < -0.3 is 5.32 Å². The van der Waals surface area contributed by atoms with Gasteiger partial charge in [0.25, 0.3) is 5.91 Å². The van der Waals surface area contributed by atoms with E-state index >= 15 is 0 Å². The first-order valence-electron chi connectivity index (χ1n) is 8.54. The van der Waals surface area contributed by atoms with Gasteiger partial charge in [-0.25, -0.2) is 0 Å². The number of amides is 2. The molecule has 1 aliphatic heterocycles. The third-order valence-electron chi connectivity index (χ3n) is 4.45. The van der Waals surface area contributed by atoms with Crippen molar-refractivity contribution in [3.63, 3.8) is 0 Å². The number of fused-ring (bicyclic) bond motifs is 1. The van der Waals surface area contributed by atoms with Gasteiger partial charge in [-0.2, -0.15) is 0 Å². The van der Waals surface area contributed by atoms with Crippen molar-refractivity contribution in [3.8, 4) is 0 Å². The van der Waals surface area contributed by atoms with E-state index in [1.807, 2.05) is 24.3 Å². The van der Waals surface area contributed by atoms with Crippen LogP contribution in [0.2, 0.25) is 0 Å². The molecule has 0 radical (unpaired) electrons. The van der Waals surface area contributed by atoms with Crippen molar-refractivity contribution >= 4 is 29.0 Å². The van der Waals surface area contributed by atoms with Gasteiger partial charge in [0.15, 0.2) is 5.78 Å². The largest absolute Gasteiger partial charge is 0.323 e. The van der Waals surface area contributed by atoms with E-state index in [0.29, 0.717) is 28.1 Å². The molecule has 0 bridgehead atoms. The summed E-state index contributed by atoms with van der Waals surface area (Å²) in [5.74, 6) is -0.619. The number of carbonyl (C=O) groups excluding carboxylic acids is 3. The zero-order valence-electron chi connectivity index (χ0n) is 14.4. The maximum atomic E-state index is 12.9. The minimum Gasteiger partial charge on any atom is -0.323 e. The number of rotatable bonds is 3. The van der Waals surface area contributed by atoms with Crippen LogP contribution in [0, 0.1) is 0 Å². The van der Waals surface area contributed by atoms with Crippen molar-refractivity contribution in [1.29, 1.82) is 0 Å². The Morgan fingerprint density at radius 3 is 2.07 bits per heavy atom. The molecule has 1 heterocycles. The molecule has 3 aromatic rings. The van der Waals surface area contributed by atoms with Gasteiger partial charge >= 0.3 is 0 Å². The molecule has 3 aromatic carbocycles. The number of hydrogen-bond acceptors (Lipinski definition) is 3. The molecule has 0 spiro atoms. The first-order valence-corrected chi connectivity index (χ1v) is 8.54. The van der Waals surface area contributed by atoms with Gasteiger partial charge in [0.2, 0.25) is 5.91 Å². The zero-order valence-corrected chi connectivity index (χ0v) is 14.4. The summed E-state index contributed by atoms with van der Waals surface area (Å²) in [6.07, 6.45) is 0. The molecule has 5 nitrogen and oxygen atoms in total. The topological polar surface area (TPSA) is 66.5 Å². The molecule has 5 heteroatoms. The van der Waals surface area contributed by atoms with Crippen LogP contribution in [0.1, 0.15) is 26.3 Å². The van der Waals surface area contributed by atoms with Crippen molar-refractivity contribution in [2.75, 3.05) is 16.8 Å². The van der Waals surface area contributed by atoms with Crippen molar-refractivity contribution in [2.24, 2.45) is 0 Å². The fraction of sp³-hybridized carbons (Fsp3) is 0.0455. The van der Waals surface area contributed by atoms with Crippen molar-refractivity contribution < 1.29 is 14.4 Å². The van der Waals surface area contributed by atoms with E-state index in [2.05, 4.69) is 5.32 Å². The van der Waals surface area contributed by atoms with E-state index < -0.39 is 0 Å². The van der Waals surface area contributed by atoms with Gasteiger partial charge in [-0.1, -0.05) is 54.6 Å². The summed E-state index contributed by atoms with van der Waals surface area (Å²) < 4.78 is 0. The molecular weight excluding hydrogens is 340 g/mol. The molecule has 4 rings (SSSR count). The van der Waals surface area contributed by atoms with Crippen LogP contribution in [-0.2, 0) is 4.79 Å². The number of para-hydroxylation sites is 2. The van der Waals surface area contributed by atoms with Crippen LogP contribution < -0.4 is 10.2 Å². The van der Waals surface area contributed by atoms with Crippen LogP contribution in [0.3, 0.4) is 0 Å². The van der Waals surface area contributed by atoms with Crippen LogP contribution in [0.25, 0.3) is 0 Å². The molecule has 0 fully saturated rings. The molecule has 0 aliphatic carbocycles. The molecule has 132 valence electrons. The van der Waals surface area contributed by atoms with Gasteiger partial charge in [-0.05, 0) is 24.3 Å². The van der Waals surface area contributed by atoms with Gasteiger partial charge in [0.1, 0.15) is 6.54 Å². The lowest BCUT2D eigenvalue weighted by Crippen LogP contribution is -2.42. The monoisotopic (exact) mass is 356 g/mol. The van der Waals surface area contributed by atoms with E-state index in [-0.39, 0.29) is 24.1 Å². The summed E-state index contributed by atoms with van der Waals surface area (Å²) in [7, 11) is 0. The quantitative estimate of drug-likeness (QED) is 0.730. The molecular formula is C22H16N2O3. The SMILES string of the molecule is O=C1CN(C(=O)c2ccc(C(=O)c3ccccc3)cc2)c2ccccc2N1. The molecule has 0 saturated carbocycles. The average Bonchev–Trinajstić information content (AvgIpc) is 2.73. The minimum atomic E-state index is -0.281. The number of hydrogen-bond donors (Lipinski definition) is 1. The number of nitrogens with zero attached hydrogens (tertiary/aromatic N) is 1. The second-order valence-electron chi connectivity index (χ2n) is 6.23. The summed E-state index contributed by atoms with van der Waals surface area (Å²) in [5, 5.41) is 2.76. The first-order chi connectivity index (χ1) is 13.1. The molecule has 0 unspecified atom stereocenters. The fourth-order valence-electron chi connectivity index (χ4n) is 3.09. The van der Waals surface area contributed by atoms with E-state index in [0.717, 1.165) is 0 Å². The number of benzene rings is 3. The van der Waals surface area contributed by atoms with Crippen molar-refractivity contribution in [3.05, 3.63) is 95.6 Å². The number of carbonyl (C=O) groups is 3. The molecule has 0 atom stereocenters. The Morgan fingerprint density at radius 2 is 1.33 bits per heavy atom. The number of ketones is 1. The molecule has 0 saturated heterocycles. The minimum absolute atomic E-state index is 0.0411. The normalized spacial score (nSPS) is 12.9. The van der Waals surface area contributed by atoms with Crippen LogP contribution in [0.5, 0.6) is 0 Å². The lowest BCUT2D eigenvalue weighted by atomic mass is 10.0. The highest BCUT2D eigenvalue weighted by Crippen LogP contribution is 2.30. The Morgan fingerprint density at radius 1 is 0.741 bits per heavy atom. The summed E-state index contributed by atoms with van der Waals surface area (Å²) in [6, 6.07) is 22.7. The van der Waals surface area contributed by atoms with E-state index in [1.165, 1.54) is 4.90 Å².